The van der Waals surface area contributed by atoms with Gasteiger partial charge >= 0.3 is 5.97 Å². The molecule has 4 nitrogen and oxygen atoms in total. The maximum Gasteiger partial charge on any atom is 0.341 e. The van der Waals surface area contributed by atoms with Crippen LogP contribution in [-0.4, -0.2) is 18.5 Å². The third-order valence-corrected chi connectivity index (χ3v) is 4.00. The molecule has 0 aliphatic rings. The van der Waals surface area contributed by atoms with Crippen LogP contribution in [0.3, 0.4) is 0 Å². The first-order chi connectivity index (χ1) is 9.56. The lowest BCUT2D eigenvalue weighted by atomic mass is 10.1. The molecule has 0 aliphatic heterocycles. The van der Waals surface area contributed by atoms with Crippen molar-refractivity contribution in [3.63, 3.8) is 0 Å². The van der Waals surface area contributed by atoms with Gasteiger partial charge in [0.1, 0.15) is 10.6 Å². The number of ether oxygens (including phenoxy) is 1. The summed E-state index contributed by atoms with van der Waals surface area (Å²) in [6, 6.07) is 5.96. The third-order valence-electron chi connectivity index (χ3n) is 2.93. The minimum Gasteiger partial charge on any atom is -0.462 e. The van der Waals surface area contributed by atoms with E-state index in [0.717, 1.165) is 16.5 Å². The Kier molecular flexibility index (Phi) is 4.39. The smallest absolute Gasteiger partial charge is 0.341 e. The normalized spacial score (nSPS) is 10.6. The Labute approximate surface area is 121 Å². The zero-order chi connectivity index (χ0) is 14.7. The summed E-state index contributed by atoms with van der Waals surface area (Å²) in [4.78, 5) is 23.4. The molecule has 1 aromatic carbocycles. The van der Waals surface area contributed by atoms with Gasteiger partial charge in [-0.3, -0.25) is 4.79 Å². The molecule has 0 aliphatic carbocycles. The Hall–Kier alpha value is -1.88. The molecule has 1 heterocycles. The van der Waals surface area contributed by atoms with Crippen molar-refractivity contribution in [1.82, 2.24) is 0 Å². The van der Waals surface area contributed by atoms with E-state index in [0.29, 0.717) is 17.2 Å². The standard InChI is InChI=1S/C15H17NO3S/c1-4-10-6-7-11-12(8-10)20-14(16-9(3)17)13(11)15(18)19-5-2/h6-8H,4-5H2,1-3H3,(H,16,17). The first-order valence-electron chi connectivity index (χ1n) is 6.57. The molecule has 0 bridgehead atoms. The van der Waals surface area contributed by atoms with Gasteiger partial charge in [-0.25, -0.2) is 4.79 Å². The Balaban J connectivity index is 2.59. The SMILES string of the molecule is CCOC(=O)c1c(NC(C)=O)sc2cc(CC)ccc12. The summed E-state index contributed by atoms with van der Waals surface area (Å²) in [5.41, 5.74) is 1.65. The lowest BCUT2D eigenvalue weighted by Gasteiger charge is -2.04. The Morgan fingerprint density at radius 3 is 2.65 bits per heavy atom. The summed E-state index contributed by atoms with van der Waals surface area (Å²) >= 11 is 1.40. The molecule has 0 spiro atoms. The lowest BCUT2D eigenvalue weighted by Crippen LogP contribution is -2.10. The average Bonchev–Trinajstić information content (AvgIpc) is 2.74. The van der Waals surface area contributed by atoms with Crippen molar-refractivity contribution in [2.45, 2.75) is 27.2 Å². The highest BCUT2D eigenvalue weighted by Crippen LogP contribution is 2.36. The van der Waals surface area contributed by atoms with Gasteiger partial charge in [-0.05, 0) is 25.0 Å². The second kappa shape index (κ2) is 6.05. The number of nitrogens with one attached hydrogen (secondary N) is 1. The predicted octanol–water partition coefficient (Wildman–Crippen LogP) is 3.60. The first kappa shape index (κ1) is 14.5. The molecule has 1 amide bonds. The number of rotatable bonds is 4. The maximum atomic E-state index is 12.1. The minimum absolute atomic E-state index is 0.196. The van der Waals surface area contributed by atoms with Crippen LogP contribution in [0.1, 0.15) is 36.7 Å². The lowest BCUT2D eigenvalue weighted by molar-refractivity contribution is -0.114. The summed E-state index contributed by atoms with van der Waals surface area (Å²) in [5.74, 6) is -0.593. The average molecular weight is 291 g/mol. The second-order valence-corrected chi connectivity index (χ2v) is 5.44. The summed E-state index contributed by atoms with van der Waals surface area (Å²) in [6.07, 6.45) is 0.929. The number of anilines is 1. The van der Waals surface area contributed by atoms with E-state index in [9.17, 15) is 9.59 Å². The molecule has 1 N–H and O–H groups in total. The number of fused-ring (bicyclic) bond motifs is 1. The van der Waals surface area contributed by atoms with Gasteiger partial charge < -0.3 is 10.1 Å². The van der Waals surface area contributed by atoms with Gasteiger partial charge in [-0.1, -0.05) is 19.1 Å². The third kappa shape index (κ3) is 2.82. The van der Waals surface area contributed by atoms with Crippen LogP contribution >= 0.6 is 11.3 Å². The highest BCUT2D eigenvalue weighted by molar-refractivity contribution is 7.23. The fourth-order valence-electron chi connectivity index (χ4n) is 2.01. The molecule has 20 heavy (non-hydrogen) atoms. The van der Waals surface area contributed by atoms with E-state index in [1.165, 1.54) is 23.8 Å². The quantitative estimate of drug-likeness (QED) is 0.876. The highest BCUT2D eigenvalue weighted by Gasteiger charge is 2.20. The van der Waals surface area contributed by atoms with Crippen LogP contribution in [0.2, 0.25) is 0 Å². The van der Waals surface area contributed by atoms with E-state index in [-0.39, 0.29) is 5.91 Å². The fourth-order valence-corrected chi connectivity index (χ4v) is 3.22. The van der Waals surface area contributed by atoms with E-state index < -0.39 is 5.97 Å². The van der Waals surface area contributed by atoms with E-state index in [4.69, 9.17) is 4.74 Å². The highest BCUT2D eigenvalue weighted by atomic mass is 32.1. The van der Waals surface area contributed by atoms with Crippen molar-refractivity contribution in [2.75, 3.05) is 11.9 Å². The van der Waals surface area contributed by atoms with Crippen molar-refractivity contribution in [3.8, 4) is 0 Å². The van der Waals surface area contributed by atoms with E-state index in [1.54, 1.807) is 6.92 Å². The van der Waals surface area contributed by atoms with Gasteiger partial charge in [0.15, 0.2) is 0 Å². The van der Waals surface area contributed by atoms with Gasteiger partial charge in [0, 0.05) is 17.0 Å². The van der Waals surface area contributed by atoms with Gasteiger partial charge in [0.05, 0.1) is 6.61 Å². The van der Waals surface area contributed by atoms with Gasteiger partial charge in [-0.2, -0.15) is 0 Å². The zero-order valence-corrected chi connectivity index (χ0v) is 12.6. The number of benzene rings is 1. The van der Waals surface area contributed by atoms with Crippen molar-refractivity contribution in [1.29, 1.82) is 0 Å². The molecule has 0 fully saturated rings. The number of hydrogen-bond donors (Lipinski definition) is 1. The van der Waals surface area contributed by atoms with E-state index in [2.05, 4.69) is 12.2 Å². The van der Waals surface area contributed by atoms with Gasteiger partial charge in [-0.15, -0.1) is 11.3 Å². The summed E-state index contributed by atoms with van der Waals surface area (Å²) in [5, 5.41) is 4.10. The molecule has 2 rings (SSSR count). The van der Waals surface area contributed by atoms with Crippen LogP contribution in [0.25, 0.3) is 10.1 Å². The molecule has 0 saturated heterocycles. The molecule has 0 atom stereocenters. The number of thiophene rings is 1. The van der Waals surface area contributed by atoms with Gasteiger partial charge in [0.25, 0.3) is 0 Å². The Morgan fingerprint density at radius 1 is 1.30 bits per heavy atom. The molecule has 0 unspecified atom stereocenters. The molecule has 5 heteroatoms. The number of amides is 1. The number of hydrogen-bond acceptors (Lipinski definition) is 4. The molecule has 1 aromatic heterocycles. The Bertz CT molecular complexity index is 660. The van der Waals surface area contributed by atoms with Crippen LogP contribution in [0.15, 0.2) is 18.2 Å². The molecule has 0 saturated carbocycles. The van der Waals surface area contributed by atoms with Crippen molar-refractivity contribution in [3.05, 3.63) is 29.3 Å². The van der Waals surface area contributed by atoms with E-state index >= 15 is 0 Å². The monoisotopic (exact) mass is 291 g/mol. The van der Waals surface area contributed by atoms with Crippen LogP contribution in [0.5, 0.6) is 0 Å². The van der Waals surface area contributed by atoms with Crippen molar-refractivity contribution < 1.29 is 14.3 Å². The number of carbonyl (C=O) groups excluding carboxylic acids is 2. The summed E-state index contributed by atoms with van der Waals surface area (Å²) < 4.78 is 6.07. The summed E-state index contributed by atoms with van der Waals surface area (Å²) in [6.45, 7) is 5.58. The van der Waals surface area contributed by atoms with Crippen molar-refractivity contribution >= 4 is 38.3 Å². The number of esters is 1. The van der Waals surface area contributed by atoms with Crippen LogP contribution in [0.4, 0.5) is 5.00 Å². The minimum atomic E-state index is -0.397. The molecule has 2 aromatic rings. The fraction of sp³-hybridized carbons (Fsp3) is 0.333. The molecule has 0 radical (unpaired) electrons. The molecule has 106 valence electrons. The number of aryl methyl sites for hydroxylation is 1. The predicted molar refractivity (Wildman–Crippen MR) is 81.5 cm³/mol. The zero-order valence-electron chi connectivity index (χ0n) is 11.8. The van der Waals surface area contributed by atoms with Crippen molar-refractivity contribution in [2.24, 2.45) is 0 Å². The van der Waals surface area contributed by atoms with Crippen LogP contribution in [-0.2, 0) is 16.0 Å². The maximum absolute atomic E-state index is 12.1. The molecular weight excluding hydrogens is 274 g/mol. The molecular formula is C15H17NO3S. The second-order valence-electron chi connectivity index (χ2n) is 4.39. The largest absolute Gasteiger partial charge is 0.462 e. The van der Waals surface area contributed by atoms with Crippen LogP contribution in [0, 0.1) is 0 Å². The Morgan fingerprint density at radius 2 is 2.05 bits per heavy atom. The topological polar surface area (TPSA) is 55.4 Å². The van der Waals surface area contributed by atoms with Gasteiger partial charge in [0.2, 0.25) is 5.91 Å². The van der Waals surface area contributed by atoms with E-state index in [1.807, 2.05) is 18.2 Å². The number of carbonyl (C=O) groups is 2. The van der Waals surface area contributed by atoms with Crippen LogP contribution < -0.4 is 5.32 Å². The summed E-state index contributed by atoms with van der Waals surface area (Å²) in [7, 11) is 0. The first-order valence-corrected chi connectivity index (χ1v) is 7.38.